The van der Waals surface area contributed by atoms with E-state index in [1.54, 1.807) is 24.4 Å². The molecule has 0 radical (unpaired) electrons. The van der Waals surface area contributed by atoms with Crippen LogP contribution < -0.4 is 5.32 Å². The first-order chi connectivity index (χ1) is 12.6. The third-order valence-electron chi connectivity index (χ3n) is 4.84. The Morgan fingerprint density at radius 2 is 1.92 bits per heavy atom. The third-order valence-corrected chi connectivity index (χ3v) is 4.84. The predicted molar refractivity (Wildman–Crippen MR) is 98.0 cm³/mol. The lowest BCUT2D eigenvalue weighted by Gasteiger charge is -2.19. The van der Waals surface area contributed by atoms with Crippen molar-refractivity contribution in [2.75, 3.05) is 0 Å². The van der Waals surface area contributed by atoms with Crippen molar-refractivity contribution < 1.29 is 9.18 Å². The molecular weight excluding hydrogens is 329 g/mol. The monoisotopic (exact) mass is 349 g/mol. The van der Waals surface area contributed by atoms with Crippen molar-refractivity contribution in [2.24, 2.45) is 13.0 Å². The molecule has 132 valence electrons. The molecule has 0 spiro atoms. The van der Waals surface area contributed by atoms with Crippen molar-refractivity contribution in [1.82, 2.24) is 14.9 Å². The molecule has 2 aromatic carbocycles. The fourth-order valence-corrected chi connectivity index (χ4v) is 3.28. The van der Waals surface area contributed by atoms with E-state index in [1.165, 1.54) is 12.1 Å². The molecule has 1 fully saturated rings. The highest BCUT2D eigenvalue weighted by molar-refractivity contribution is 6.01. The van der Waals surface area contributed by atoms with Crippen molar-refractivity contribution in [3.8, 4) is 11.1 Å². The van der Waals surface area contributed by atoms with Gasteiger partial charge in [0, 0.05) is 25.0 Å². The highest BCUT2D eigenvalue weighted by Gasteiger charge is 2.36. The summed E-state index contributed by atoms with van der Waals surface area (Å²) < 4.78 is 15.2. The van der Waals surface area contributed by atoms with Crippen LogP contribution in [0.15, 0.2) is 60.9 Å². The molecule has 1 amide bonds. The van der Waals surface area contributed by atoms with Crippen molar-refractivity contribution in [1.29, 1.82) is 0 Å². The number of rotatable bonds is 5. The van der Waals surface area contributed by atoms with Gasteiger partial charge in [-0.05, 0) is 48.1 Å². The van der Waals surface area contributed by atoms with Crippen molar-refractivity contribution in [3.63, 3.8) is 0 Å². The minimum atomic E-state index is -0.292. The first kappa shape index (κ1) is 16.5. The second-order valence-corrected chi connectivity index (χ2v) is 6.74. The minimum Gasteiger partial charge on any atom is -0.342 e. The van der Waals surface area contributed by atoms with E-state index in [1.807, 2.05) is 36.0 Å². The van der Waals surface area contributed by atoms with E-state index in [0.717, 1.165) is 29.8 Å². The van der Waals surface area contributed by atoms with Crippen LogP contribution in [0.25, 0.3) is 11.1 Å². The summed E-state index contributed by atoms with van der Waals surface area (Å²) in [6.07, 6.45) is 5.83. The largest absolute Gasteiger partial charge is 0.342 e. The van der Waals surface area contributed by atoms with Gasteiger partial charge in [-0.1, -0.05) is 30.3 Å². The van der Waals surface area contributed by atoms with Crippen molar-refractivity contribution in [3.05, 3.63) is 78.1 Å². The summed E-state index contributed by atoms with van der Waals surface area (Å²) in [7, 11) is 1.94. The molecule has 26 heavy (non-hydrogen) atoms. The SMILES string of the molecule is Cn1ccnc1[C@H](NC(=O)c1ccccc1-c1ccc(F)cc1)C1CC1. The summed E-state index contributed by atoms with van der Waals surface area (Å²) in [4.78, 5) is 17.5. The summed E-state index contributed by atoms with van der Waals surface area (Å²) in [5.74, 6) is 0.877. The molecule has 3 aromatic rings. The molecule has 1 N–H and O–H groups in total. The van der Waals surface area contributed by atoms with E-state index in [-0.39, 0.29) is 17.8 Å². The minimum absolute atomic E-state index is 0.0937. The highest BCUT2D eigenvalue weighted by atomic mass is 19.1. The molecule has 1 aromatic heterocycles. The van der Waals surface area contributed by atoms with E-state index < -0.39 is 0 Å². The van der Waals surface area contributed by atoms with Crippen LogP contribution in [0, 0.1) is 11.7 Å². The van der Waals surface area contributed by atoms with Crippen LogP contribution in [0.5, 0.6) is 0 Å². The fourth-order valence-electron chi connectivity index (χ4n) is 3.28. The number of amides is 1. The molecule has 5 heteroatoms. The number of carbonyl (C=O) groups is 1. The smallest absolute Gasteiger partial charge is 0.252 e. The lowest BCUT2D eigenvalue weighted by molar-refractivity contribution is 0.0929. The fraction of sp³-hybridized carbons (Fsp3) is 0.238. The van der Waals surface area contributed by atoms with Crippen LogP contribution >= 0.6 is 0 Å². The summed E-state index contributed by atoms with van der Waals surface area (Å²) >= 11 is 0. The summed E-state index contributed by atoms with van der Waals surface area (Å²) in [6, 6.07) is 13.5. The van der Waals surface area contributed by atoms with Gasteiger partial charge < -0.3 is 9.88 Å². The van der Waals surface area contributed by atoms with Crippen molar-refractivity contribution in [2.45, 2.75) is 18.9 Å². The van der Waals surface area contributed by atoms with Gasteiger partial charge >= 0.3 is 0 Å². The maximum atomic E-state index is 13.2. The molecule has 4 rings (SSSR count). The normalized spacial score (nSPS) is 14.8. The summed E-state index contributed by atoms with van der Waals surface area (Å²) in [5.41, 5.74) is 2.19. The first-order valence-corrected chi connectivity index (χ1v) is 8.76. The summed E-state index contributed by atoms with van der Waals surface area (Å²) in [5, 5.41) is 3.16. The van der Waals surface area contributed by atoms with Crippen LogP contribution in [0.4, 0.5) is 4.39 Å². The Balaban J connectivity index is 1.64. The zero-order chi connectivity index (χ0) is 18.1. The van der Waals surface area contributed by atoms with Gasteiger partial charge in [-0.2, -0.15) is 0 Å². The Morgan fingerprint density at radius 3 is 2.58 bits per heavy atom. The van der Waals surface area contributed by atoms with Crippen LogP contribution in [0.2, 0.25) is 0 Å². The molecule has 0 unspecified atom stereocenters. The van der Waals surface area contributed by atoms with E-state index in [0.29, 0.717) is 11.5 Å². The number of hydrogen-bond donors (Lipinski definition) is 1. The number of nitrogens with zero attached hydrogens (tertiary/aromatic N) is 2. The third kappa shape index (κ3) is 3.25. The number of imidazole rings is 1. The second kappa shape index (κ2) is 6.75. The molecular formula is C21H20FN3O. The Hall–Kier alpha value is -2.95. The summed E-state index contributed by atoms with van der Waals surface area (Å²) in [6.45, 7) is 0. The zero-order valence-corrected chi connectivity index (χ0v) is 14.5. The number of halogens is 1. The van der Waals surface area contributed by atoms with E-state index in [4.69, 9.17) is 0 Å². The van der Waals surface area contributed by atoms with Crippen molar-refractivity contribution >= 4 is 5.91 Å². The quantitative estimate of drug-likeness (QED) is 0.754. The van der Waals surface area contributed by atoms with Gasteiger partial charge in [-0.25, -0.2) is 9.37 Å². The molecule has 0 aliphatic heterocycles. The van der Waals surface area contributed by atoms with Gasteiger partial charge in [-0.3, -0.25) is 4.79 Å². The second-order valence-electron chi connectivity index (χ2n) is 6.74. The average Bonchev–Trinajstić information content (AvgIpc) is 3.41. The van der Waals surface area contributed by atoms with E-state index in [2.05, 4.69) is 10.3 Å². The molecule has 0 bridgehead atoms. The Labute approximate surface area is 151 Å². The van der Waals surface area contributed by atoms with Gasteiger partial charge in [0.1, 0.15) is 11.6 Å². The molecule has 1 saturated carbocycles. The van der Waals surface area contributed by atoms with Crippen LogP contribution in [0.3, 0.4) is 0 Å². The predicted octanol–water partition coefficient (Wildman–Crippen LogP) is 4.11. The Bertz CT molecular complexity index is 928. The maximum absolute atomic E-state index is 13.2. The number of benzene rings is 2. The van der Waals surface area contributed by atoms with E-state index in [9.17, 15) is 9.18 Å². The molecule has 1 aliphatic rings. The number of hydrogen-bond acceptors (Lipinski definition) is 2. The molecule has 1 heterocycles. The lowest BCUT2D eigenvalue weighted by atomic mass is 9.98. The molecule has 0 saturated heterocycles. The molecule has 1 aliphatic carbocycles. The van der Waals surface area contributed by atoms with Gasteiger partial charge in [0.2, 0.25) is 0 Å². The average molecular weight is 349 g/mol. The lowest BCUT2D eigenvalue weighted by Crippen LogP contribution is -2.32. The molecule has 1 atom stereocenters. The molecule has 4 nitrogen and oxygen atoms in total. The number of aryl methyl sites for hydroxylation is 1. The van der Waals surface area contributed by atoms with Gasteiger partial charge in [0.05, 0.1) is 6.04 Å². The van der Waals surface area contributed by atoms with E-state index >= 15 is 0 Å². The van der Waals surface area contributed by atoms with Gasteiger partial charge in [0.25, 0.3) is 5.91 Å². The Morgan fingerprint density at radius 1 is 1.19 bits per heavy atom. The maximum Gasteiger partial charge on any atom is 0.252 e. The van der Waals surface area contributed by atoms with Gasteiger partial charge in [0.15, 0.2) is 0 Å². The number of aromatic nitrogens is 2. The number of carbonyl (C=O) groups excluding carboxylic acids is 1. The van der Waals surface area contributed by atoms with Crippen LogP contribution in [0.1, 0.15) is 35.1 Å². The Kier molecular flexibility index (Phi) is 4.29. The topological polar surface area (TPSA) is 46.9 Å². The zero-order valence-electron chi connectivity index (χ0n) is 14.5. The highest BCUT2D eigenvalue weighted by Crippen LogP contribution is 2.40. The first-order valence-electron chi connectivity index (χ1n) is 8.76. The number of nitrogens with one attached hydrogen (secondary N) is 1. The van der Waals surface area contributed by atoms with Crippen LogP contribution in [-0.2, 0) is 7.05 Å². The standard InChI is InChI=1S/C21H20FN3O/c1-25-13-12-23-20(25)19(15-6-7-15)24-21(26)18-5-3-2-4-17(18)14-8-10-16(22)11-9-14/h2-5,8-13,15,19H,6-7H2,1H3,(H,24,26)/t19-/m1/s1. The van der Waals surface area contributed by atoms with Gasteiger partial charge in [-0.15, -0.1) is 0 Å². The van der Waals surface area contributed by atoms with Crippen LogP contribution in [-0.4, -0.2) is 15.5 Å².